The van der Waals surface area contributed by atoms with Crippen molar-refractivity contribution in [3.05, 3.63) is 89.4 Å². The van der Waals surface area contributed by atoms with E-state index >= 15 is 0 Å². The molecule has 2 N–H and O–H groups in total. The van der Waals surface area contributed by atoms with E-state index < -0.39 is 41.1 Å². The van der Waals surface area contributed by atoms with Gasteiger partial charge in [0.25, 0.3) is 11.8 Å². The van der Waals surface area contributed by atoms with Gasteiger partial charge in [0.2, 0.25) is 5.91 Å². The van der Waals surface area contributed by atoms with Gasteiger partial charge in [-0.2, -0.15) is 0 Å². The van der Waals surface area contributed by atoms with Crippen LogP contribution in [0.2, 0.25) is 5.02 Å². The molecule has 3 atom stereocenters. The zero-order chi connectivity index (χ0) is 26.6. The number of fused-ring (bicyclic) bond motifs is 1. The van der Waals surface area contributed by atoms with Gasteiger partial charge in [-0.3, -0.25) is 19.2 Å². The first kappa shape index (κ1) is 25.8. The molecular formula is C28H24ClN3O5S. The number of nitrogens with zero attached hydrogens (tertiary/aromatic N) is 1. The van der Waals surface area contributed by atoms with E-state index in [1.165, 1.54) is 16.7 Å². The fourth-order valence-electron chi connectivity index (χ4n) is 4.45. The zero-order valence-corrected chi connectivity index (χ0v) is 21.7. The van der Waals surface area contributed by atoms with E-state index in [0.717, 1.165) is 5.56 Å². The van der Waals surface area contributed by atoms with Gasteiger partial charge in [-0.05, 0) is 35.9 Å². The van der Waals surface area contributed by atoms with Crippen molar-refractivity contribution in [2.75, 3.05) is 16.8 Å². The van der Waals surface area contributed by atoms with E-state index in [1.54, 1.807) is 42.5 Å². The number of benzene rings is 3. The maximum atomic E-state index is 14.2. The standard InChI is InChI=1S/C28H24ClN3O5S/c29-18-11-12-20-22(15-18)38-26(17-7-3-1-4-8-17)25(31-27(35)21-13-14-24(34)37-21)28(36)32(20)16-23(33)30-19-9-5-2-6-10-19/h1-12,15,21,25-26H,13-14,16H2,(H,30,33)(H,31,35)/t21-,25-,26+/m0/s1. The van der Waals surface area contributed by atoms with Crippen molar-refractivity contribution in [1.29, 1.82) is 0 Å². The molecule has 5 rings (SSSR count). The first-order chi connectivity index (χ1) is 18.4. The summed E-state index contributed by atoms with van der Waals surface area (Å²) in [5.41, 5.74) is 1.92. The smallest absolute Gasteiger partial charge is 0.306 e. The summed E-state index contributed by atoms with van der Waals surface area (Å²) in [5.74, 6) is -1.86. The number of hydrogen-bond donors (Lipinski definition) is 2. The van der Waals surface area contributed by atoms with Gasteiger partial charge >= 0.3 is 5.97 Å². The van der Waals surface area contributed by atoms with Crippen LogP contribution in [0.25, 0.3) is 0 Å². The van der Waals surface area contributed by atoms with Gasteiger partial charge in [-0.15, -0.1) is 11.8 Å². The molecule has 3 aromatic carbocycles. The highest BCUT2D eigenvalue weighted by Crippen LogP contribution is 2.46. The maximum Gasteiger partial charge on any atom is 0.306 e. The Bertz CT molecular complexity index is 1370. The minimum atomic E-state index is -1.05. The van der Waals surface area contributed by atoms with Gasteiger partial charge in [-0.1, -0.05) is 60.1 Å². The molecule has 0 bridgehead atoms. The van der Waals surface area contributed by atoms with Crippen LogP contribution in [-0.4, -0.2) is 42.4 Å². The second kappa shape index (κ2) is 11.3. The van der Waals surface area contributed by atoms with Gasteiger partial charge in [0.15, 0.2) is 6.10 Å². The summed E-state index contributed by atoms with van der Waals surface area (Å²) in [5, 5.41) is 5.58. The van der Waals surface area contributed by atoms with Crippen LogP contribution in [0.15, 0.2) is 83.8 Å². The summed E-state index contributed by atoms with van der Waals surface area (Å²) in [4.78, 5) is 54.0. The van der Waals surface area contributed by atoms with E-state index in [2.05, 4.69) is 10.6 Å². The van der Waals surface area contributed by atoms with Crippen molar-refractivity contribution in [3.63, 3.8) is 0 Å². The Morgan fingerprint density at radius 2 is 1.71 bits per heavy atom. The first-order valence-corrected chi connectivity index (χ1v) is 13.3. The Hall–Kier alpha value is -3.82. The SMILES string of the molecule is O=C(CN1C(=O)[C@@H](NC(=O)[C@@H]2CCC(=O)O2)[C@@H](c2ccccc2)Sc2cc(Cl)ccc21)Nc1ccccc1. The monoisotopic (exact) mass is 549 g/mol. The van der Waals surface area contributed by atoms with Crippen molar-refractivity contribution in [2.24, 2.45) is 0 Å². The van der Waals surface area contributed by atoms with Crippen LogP contribution in [0, 0.1) is 0 Å². The number of esters is 1. The van der Waals surface area contributed by atoms with Crippen molar-refractivity contribution in [1.82, 2.24) is 5.32 Å². The third-order valence-electron chi connectivity index (χ3n) is 6.26. The van der Waals surface area contributed by atoms with Gasteiger partial charge < -0.3 is 20.3 Å². The molecular weight excluding hydrogens is 526 g/mol. The molecule has 1 saturated heterocycles. The average molecular weight is 550 g/mol. The number of nitrogens with one attached hydrogen (secondary N) is 2. The molecule has 2 aliphatic rings. The number of hydrogen-bond acceptors (Lipinski definition) is 6. The number of halogens is 1. The Morgan fingerprint density at radius 1 is 1.00 bits per heavy atom. The largest absolute Gasteiger partial charge is 0.452 e. The van der Waals surface area contributed by atoms with Crippen molar-refractivity contribution >= 4 is 58.4 Å². The molecule has 0 unspecified atom stereocenters. The predicted molar refractivity (Wildman–Crippen MR) is 145 cm³/mol. The molecule has 0 aliphatic carbocycles. The molecule has 8 nitrogen and oxygen atoms in total. The zero-order valence-electron chi connectivity index (χ0n) is 20.1. The normalized spacial score (nSPS) is 20.8. The highest BCUT2D eigenvalue weighted by molar-refractivity contribution is 7.99. The first-order valence-electron chi connectivity index (χ1n) is 12.1. The van der Waals surface area contributed by atoms with Crippen molar-refractivity contribution in [3.8, 4) is 0 Å². The summed E-state index contributed by atoms with van der Waals surface area (Å²) >= 11 is 7.70. The third-order valence-corrected chi connectivity index (χ3v) is 7.88. The number of ether oxygens (including phenoxy) is 1. The molecule has 0 aromatic heterocycles. The van der Waals surface area contributed by atoms with Gasteiger partial charge in [0.05, 0.1) is 10.9 Å². The molecule has 2 aliphatic heterocycles. The molecule has 194 valence electrons. The summed E-state index contributed by atoms with van der Waals surface area (Å²) in [6, 6.07) is 22.3. The summed E-state index contributed by atoms with van der Waals surface area (Å²) in [6.07, 6.45) is -0.580. The Labute approximate surface area is 228 Å². The lowest BCUT2D eigenvalue weighted by molar-refractivity contribution is -0.148. The van der Waals surface area contributed by atoms with Crippen molar-refractivity contribution < 1.29 is 23.9 Å². The van der Waals surface area contributed by atoms with Crippen LogP contribution < -0.4 is 15.5 Å². The lowest BCUT2D eigenvalue weighted by Gasteiger charge is -2.29. The topological polar surface area (TPSA) is 105 Å². The highest BCUT2D eigenvalue weighted by Gasteiger charge is 2.42. The molecule has 3 amide bonds. The van der Waals surface area contributed by atoms with E-state index in [4.69, 9.17) is 16.3 Å². The summed E-state index contributed by atoms with van der Waals surface area (Å²) in [6.45, 7) is -0.283. The molecule has 38 heavy (non-hydrogen) atoms. The average Bonchev–Trinajstić information content (AvgIpc) is 3.32. The van der Waals surface area contributed by atoms with Crippen LogP contribution in [0.1, 0.15) is 23.7 Å². The van der Waals surface area contributed by atoms with E-state index in [1.807, 2.05) is 36.4 Å². The fraction of sp³-hybridized carbons (Fsp3) is 0.214. The quantitative estimate of drug-likeness (QED) is 0.443. The molecule has 0 radical (unpaired) electrons. The number of anilines is 2. The molecule has 3 aromatic rings. The van der Waals surface area contributed by atoms with Crippen LogP contribution in [0.3, 0.4) is 0 Å². The Balaban J connectivity index is 1.51. The van der Waals surface area contributed by atoms with Crippen LogP contribution in [0.5, 0.6) is 0 Å². The number of thioether (sulfide) groups is 1. The minimum absolute atomic E-state index is 0.142. The summed E-state index contributed by atoms with van der Waals surface area (Å²) in [7, 11) is 0. The van der Waals surface area contributed by atoms with Crippen LogP contribution >= 0.6 is 23.4 Å². The minimum Gasteiger partial charge on any atom is -0.452 e. The van der Waals surface area contributed by atoms with E-state index in [0.29, 0.717) is 21.3 Å². The van der Waals surface area contributed by atoms with Crippen LogP contribution in [0.4, 0.5) is 11.4 Å². The molecule has 0 saturated carbocycles. The lowest BCUT2D eigenvalue weighted by Crippen LogP contribution is -2.53. The third kappa shape index (κ3) is 5.69. The number of cyclic esters (lactones) is 1. The number of para-hydroxylation sites is 1. The van der Waals surface area contributed by atoms with Gasteiger partial charge in [-0.25, -0.2) is 0 Å². The molecule has 1 fully saturated rings. The molecule has 0 spiro atoms. The van der Waals surface area contributed by atoms with Gasteiger partial charge in [0, 0.05) is 28.4 Å². The summed E-state index contributed by atoms with van der Waals surface area (Å²) < 4.78 is 5.14. The highest BCUT2D eigenvalue weighted by atomic mass is 35.5. The lowest BCUT2D eigenvalue weighted by atomic mass is 10.0. The van der Waals surface area contributed by atoms with Gasteiger partial charge in [0.1, 0.15) is 12.6 Å². The van der Waals surface area contributed by atoms with E-state index in [-0.39, 0.29) is 19.4 Å². The van der Waals surface area contributed by atoms with Crippen molar-refractivity contribution in [2.45, 2.75) is 35.1 Å². The molecule has 10 heteroatoms. The number of amides is 3. The number of rotatable bonds is 6. The number of carbonyl (C=O) groups is 4. The predicted octanol–water partition coefficient (Wildman–Crippen LogP) is 4.35. The van der Waals surface area contributed by atoms with Crippen LogP contribution in [-0.2, 0) is 23.9 Å². The Morgan fingerprint density at radius 3 is 2.39 bits per heavy atom. The Kier molecular flexibility index (Phi) is 7.67. The second-order valence-electron chi connectivity index (χ2n) is 8.90. The number of carbonyl (C=O) groups excluding carboxylic acids is 4. The molecule has 2 heterocycles. The maximum absolute atomic E-state index is 14.2. The fourth-order valence-corrected chi connectivity index (χ4v) is 6.07. The second-order valence-corrected chi connectivity index (χ2v) is 10.5. The van der Waals surface area contributed by atoms with E-state index in [9.17, 15) is 19.2 Å².